The number of nitrogens with one attached hydrogen (secondary N) is 1. The minimum atomic E-state index is 0.601. The van der Waals surface area contributed by atoms with Crippen molar-refractivity contribution in [3.63, 3.8) is 0 Å². The summed E-state index contributed by atoms with van der Waals surface area (Å²) in [5, 5.41) is 3.13. The van der Waals surface area contributed by atoms with Gasteiger partial charge < -0.3 is 19.5 Å². The molecule has 0 spiro atoms. The molecule has 0 bridgehead atoms. The molecule has 0 radical (unpaired) electrons. The van der Waals surface area contributed by atoms with Crippen LogP contribution in [0.2, 0.25) is 0 Å². The maximum absolute atomic E-state index is 6.01. The van der Waals surface area contributed by atoms with Gasteiger partial charge in [-0.15, -0.1) is 0 Å². The summed E-state index contributed by atoms with van der Waals surface area (Å²) >= 11 is 0. The molecular weight excluding hydrogens is 290 g/mol. The lowest BCUT2D eigenvalue weighted by Gasteiger charge is -2.14. The summed E-state index contributed by atoms with van der Waals surface area (Å²) in [6.45, 7) is 4.24. The Hall–Kier alpha value is -2.20. The second-order valence-corrected chi connectivity index (χ2v) is 5.09. The van der Waals surface area contributed by atoms with Gasteiger partial charge in [-0.05, 0) is 57.6 Å². The Labute approximate surface area is 138 Å². The van der Waals surface area contributed by atoms with Crippen LogP contribution in [0.25, 0.3) is 0 Å². The Balaban J connectivity index is 2.02. The van der Waals surface area contributed by atoms with E-state index in [4.69, 9.17) is 14.2 Å². The molecule has 0 unspecified atom stereocenters. The van der Waals surface area contributed by atoms with Crippen LogP contribution in [0.4, 0.5) is 0 Å². The first-order chi connectivity index (χ1) is 11.3. The monoisotopic (exact) mass is 315 g/mol. The van der Waals surface area contributed by atoms with Crippen molar-refractivity contribution in [2.24, 2.45) is 0 Å². The smallest absolute Gasteiger partial charge is 0.169 e. The zero-order valence-electron chi connectivity index (χ0n) is 13.9. The number of benzene rings is 2. The fourth-order valence-electron chi connectivity index (χ4n) is 2.17. The zero-order valence-corrected chi connectivity index (χ0v) is 13.9. The van der Waals surface area contributed by atoms with E-state index in [1.165, 1.54) is 0 Å². The van der Waals surface area contributed by atoms with Gasteiger partial charge in [-0.2, -0.15) is 0 Å². The first-order valence-corrected chi connectivity index (χ1v) is 8.11. The standard InChI is InChI=1S/C19H25NO3/c1-3-21-16-10-4-6-12-18(16)23-19-13-7-5-11-17(19)22-15-9-8-14-20-2/h4-7,10-13,20H,3,8-9,14-15H2,1-2H3. The number of para-hydroxylation sites is 4. The summed E-state index contributed by atoms with van der Waals surface area (Å²) in [6, 6.07) is 15.4. The van der Waals surface area contributed by atoms with Crippen molar-refractivity contribution >= 4 is 0 Å². The average Bonchev–Trinajstić information content (AvgIpc) is 2.58. The Kier molecular flexibility index (Phi) is 7.27. The van der Waals surface area contributed by atoms with E-state index in [0.717, 1.165) is 30.9 Å². The quantitative estimate of drug-likeness (QED) is 0.665. The molecule has 2 aromatic rings. The molecule has 0 fully saturated rings. The maximum atomic E-state index is 6.01. The van der Waals surface area contributed by atoms with E-state index in [-0.39, 0.29) is 0 Å². The van der Waals surface area contributed by atoms with Crippen LogP contribution in [-0.4, -0.2) is 26.8 Å². The molecule has 0 aromatic heterocycles. The van der Waals surface area contributed by atoms with Gasteiger partial charge in [0.1, 0.15) is 0 Å². The summed E-state index contributed by atoms with van der Waals surface area (Å²) in [4.78, 5) is 0. The van der Waals surface area contributed by atoms with E-state index < -0.39 is 0 Å². The van der Waals surface area contributed by atoms with Crippen LogP contribution in [0.1, 0.15) is 19.8 Å². The minimum Gasteiger partial charge on any atom is -0.490 e. The molecule has 0 atom stereocenters. The molecule has 4 nitrogen and oxygen atoms in total. The molecule has 23 heavy (non-hydrogen) atoms. The second kappa shape index (κ2) is 9.74. The van der Waals surface area contributed by atoms with Crippen molar-refractivity contribution < 1.29 is 14.2 Å². The second-order valence-electron chi connectivity index (χ2n) is 5.09. The highest BCUT2D eigenvalue weighted by Crippen LogP contribution is 2.36. The Morgan fingerprint density at radius 3 is 1.91 bits per heavy atom. The number of hydrogen-bond donors (Lipinski definition) is 1. The van der Waals surface area contributed by atoms with E-state index in [9.17, 15) is 0 Å². The molecule has 0 aliphatic rings. The highest BCUT2D eigenvalue weighted by Gasteiger charge is 2.09. The fourth-order valence-corrected chi connectivity index (χ4v) is 2.17. The van der Waals surface area contributed by atoms with Crippen molar-refractivity contribution in [3.05, 3.63) is 48.5 Å². The Bertz CT molecular complexity index is 586. The molecule has 0 saturated heterocycles. The van der Waals surface area contributed by atoms with Gasteiger partial charge in [-0.3, -0.25) is 0 Å². The van der Waals surface area contributed by atoms with Crippen LogP contribution >= 0.6 is 0 Å². The minimum absolute atomic E-state index is 0.601. The zero-order chi connectivity index (χ0) is 16.3. The van der Waals surface area contributed by atoms with Crippen molar-refractivity contribution in [3.8, 4) is 23.0 Å². The lowest BCUT2D eigenvalue weighted by molar-refractivity contribution is 0.287. The normalized spacial score (nSPS) is 10.3. The van der Waals surface area contributed by atoms with Gasteiger partial charge >= 0.3 is 0 Å². The molecule has 4 heteroatoms. The fraction of sp³-hybridized carbons (Fsp3) is 0.368. The molecule has 1 N–H and O–H groups in total. The van der Waals surface area contributed by atoms with E-state index in [1.807, 2.05) is 62.5 Å². The van der Waals surface area contributed by atoms with Gasteiger partial charge in [0.25, 0.3) is 0 Å². The first-order valence-electron chi connectivity index (χ1n) is 8.11. The van der Waals surface area contributed by atoms with Gasteiger partial charge in [0.15, 0.2) is 23.0 Å². The van der Waals surface area contributed by atoms with Crippen LogP contribution in [0.5, 0.6) is 23.0 Å². The third-order valence-corrected chi connectivity index (χ3v) is 3.30. The number of unbranched alkanes of at least 4 members (excludes halogenated alkanes) is 1. The molecule has 0 amide bonds. The first kappa shape index (κ1) is 17.2. The maximum Gasteiger partial charge on any atom is 0.169 e. The number of rotatable bonds is 10. The summed E-state index contributed by atoms with van der Waals surface area (Å²) in [6.07, 6.45) is 2.09. The molecule has 0 aliphatic heterocycles. The Morgan fingerprint density at radius 1 is 0.783 bits per heavy atom. The summed E-state index contributed by atoms with van der Waals surface area (Å²) in [5.41, 5.74) is 0. The summed E-state index contributed by atoms with van der Waals surface area (Å²) in [7, 11) is 1.96. The van der Waals surface area contributed by atoms with Crippen LogP contribution in [-0.2, 0) is 0 Å². The topological polar surface area (TPSA) is 39.7 Å². The number of hydrogen-bond acceptors (Lipinski definition) is 4. The van der Waals surface area contributed by atoms with E-state index in [2.05, 4.69) is 5.32 Å². The summed E-state index contributed by atoms with van der Waals surface area (Å²) in [5.74, 6) is 2.89. The highest BCUT2D eigenvalue weighted by atomic mass is 16.5. The Morgan fingerprint density at radius 2 is 1.35 bits per heavy atom. The number of ether oxygens (including phenoxy) is 3. The van der Waals surface area contributed by atoms with Gasteiger partial charge in [-0.1, -0.05) is 24.3 Å². The van der Waals surface area contributed by atoms with Gasteiger partial charge in [0.2, 0.25) is 0 Å². The third-order valence-electron chi connectivity index (χ3n) is 3.30. The van der Waals surface area contributed by atoms with Gasteiger partial charge in [-0.25, -0.2) is 0 Å². The van der Waals surface area contributed by atoms with Crippen molar-refractivity contribution in [2.75, 3.05) is 26.8 Å². The largest absolute Gasteiger partial charge is 0.490 e. The van der Waals surface area contributed by atoms with Crippen molar-refractivity contribution in [1.82, 2.24) is 5.32 Å². The third kappa shape index (κ3) is 5.49. The van der Waals surface area contributed by atoms with Crippen LogP contribution in [0, 0.1) is 0 Å². The van der Waals surface area contributed by atoms with Gasteiger partial charge in [0, 0.05) is 0 Å². The van der Waals surface area contributed by atoms with Crippen LogP contribution in [0.3, 0.4) is 0 Å². The average molecular weight is 315 g/mol. The van der Waals surface area contributed by atoms with Crippen molar-refractivity contribution in [2.45, 2.75) is 19.8 Å². The lowest BCUT2D eigenvalue weighted by Crippen LogP contribution is -2.09. The predicted octanol–water partition coefficient (Wildman–Crippen LogP) is 4.26. The SMILES string of the molecule is CCOc1ccccc1Oc1ccccc1OCCCCNC. The van der Waals surface area contributed by atoms with E-state index in [1.54, 1.807) is 0 Å². The predicted molar refractivity (Wildman–Crippen MR) is 92.8 cm³/mol. The highest BCUT2D eigenvalue weighted by molar-refractivity contribution is 5.47. The molecular formula is C19H25NO3. The van der Waals surface area contributed by atoms with E-state index in [0.29, 0.717) is 24.7 Å². The molecule has 0 aliphatic carbocycles. The molecule has 2 aromatic carbocycles. The molecule has 2 rings (SSSR count). The van der Waals surface area contributed by atoms with Crippen molar-refractivity contribution in [1.29, 1.82) is 0 Å². The lowest BCUT2D eigenvalue weighted by atomic mass is 10.3. The van der Waals surface area contributed by atoms with Crippen LogP contribution in [0.15, 0.2) is 48.5 Å². The van der Waals surface area contributed by atoms with Crippen LogP contribution < -0.4 is 19.5 Å². The molecule has 124 valence electrons. The van der Waals surface area contributed by atoms with Gasteiger partial charge in [0.05, 0.1) is 13.2 Å². The molecule has 0 saturated carbocycles. The summed E-state index contributed by atoms with van der Waals surface area (Å²) < 4.78 is 17.5. The van der Waals surface area contributed by atoms with E-state index >= 15 is 0 Å². The molecule has 0 heterocycles.